The molecule has 1 atom stereocenters. The van der Waals surface area contributed by atoms with Gasteiger partial charge in [-0.2, -0.15) is 0 Å². The monoisotopic (exact) mass is 492 g/mol. The first-order valence-corrected chi connectivity index (χ1v) is 12.7. The van der Waals surface area contributed by atoms with E-state index >= 15 is 0 Å². The lowest BCUT2D eigenvalue weighted by molar-refractivity contribution is -0.132. The van der Waals surface area contributed by atoms with Gasteiger partial charge in [-0.05, 0) is 55.7 Å². The number of aryl methyl sites for hydroxylation is 3. The van der Waals surface area contributed by atoms with Gasteiger partial charge in [-0.15, -0.1) is 0 Å². The third kappa shape index (κ3) is 4.77. The summed E-state index contributed by atoms with van der Waals surface area (Å²) < 4.78 is 29.3. The highest BCUT2D eigenvalue weighted by Gasteiger charge is 2.43. The molecule has 0 fully saturated rings. The number of amides is 2. The number of rotatable bonds is 6. The van der Waals surface area contributed by atoms with Crippen LogP contribution in [0.4, 0.5) is 11.4 Å². The summed E-state index contributed by atoms with van der Waals surface area (Å²) in [6.45, 7) is 5.68. The molecule has 9 heteroatoms. The Hall–Kier alpha value is -3.72. The topological polar surface area (TPSA) is 99.7 Å². The second kappa shape index (κ2) is 9.50. The van der Waals surface area contributed by atoms with Crippen LogP contribution in [0.2, 0.25) is 0 Å². The number of aromatic nitrogens is 1. The Morgan fingerprint density at radius 2 is 1.77 bits per heavy atom. The van der Waals surface area contributed by atoms with Crippen LogP contribution in [0.1, 0.15) is 28.7 Å². The minimum Gasteiger partial charge on any atom is -0.341 e. The lowest BCUT2D eigenvalue weighted by Gasteiger charge is -2.37. The van der Waals surface area contributed by atoms with Gasteiger partial charge >= 0.3 is 0 Å². The van der Waals surface area contributed by atoms with Gasteiger partial charge in [0, 0.05) is 26.0 Å². The highest BCUT2D eigenvalue weighted by atomic mass is 32.2. The summed E-state index contributed by atoms with van der Waals surface area (Å²) in [5.41, 5.74) is 3.67. The van der Waals surface area contributed by atoms with Crippen LogP contribution in [-0.4, -0.2) is 43.2 Å². The Morgan fingerprint density at radius 3 is 2.43 bits per heavy atom. The van der Waals surface area contributed by atoms with Crippen molar-refractivity contribution in [1.29, 1.82) is 0 Å². The fourth-order valence-corrected chi connectivity index (χ4v) is 6.63. The second-order valence-corrected chi connectivity index (χ2v) is 10.6. The van der Waals surface area contributed by atoms with Crippen LogP contribution in [-0.2, 0) is 26.2 Å². The van der Waals surface area contributed by atoms with Crippen LogP contribution in [0, 0.1) is 20.8 Å². The maximum Gasteiger partial charge on any atom is 0.265 e. The number of carbonyl (C=O) groups is 2. The van der Waals surface area contributed by atoms with E-state index in [-0.39, 0.29) is 17.2 Å². The van der Waals surface area contributed by atoms with Crippen molar-refractivity contribution in [2.75, 3.05) is 16.7 Å². The van der Waals surface area contributed by atoms with Gasteiger partial charge in [0.2, 0.25) is 11.8 Å². The molecular formula is C26H28N4O4S. The first-order chi connectivity index (χ1) is 16.6. The Labute approximate surface area is 205 Å². The summed E-state index contributed by atoms with van der Waals surface area (Å²) in [4.78, 5) is 32.0. The number of hydrogen-bond donors (Lipinski definition) is 1. The molecule has 1 aromatic heterocycles. The number of sulfonamides is 1. The molecule has 2 heterocycles. The van der Waals surface area contributed by atoms with Crippen molar-refractivity contribution in [2.24, 2.45) is 0 Å². The van der Waals surface area contributed by atoms with E-state index in [0.717, 1.165) is 15.4 Å². The van der Waals surface area contributed by atoms with Crippen LogP contribution in [0.15, 0.2) is 65.8 Å². The van der Waals surface area contributed by atoms with Gasteiger partial charge in [-0.1, -0.05) is 35.9 Å². The highest BCUT2D eigenvalue weighted by molar-refractivity contribution is 7.93. The molecule has 0 saturated carbocycles. The van der Waals surface area contributed by atoms with E-state index in [9.17, 15) is 18.0 Å². The van der Waals surface area contributed by atoms with Gasteiger partial charge in [0.15, 0.2) is 0 Å². The van der Waals surface area contributed by atoms with Crippen LogP contribution in [0.5, 0.6) is 0 Å². The fraction of sp³-hybridized carbons (Fsp3) is 0.269. The molecule has 182 valence electrons. The van der Waals surface area contributed by atoms with Gasteiger partial charge in [-0.3, -0.25) is 18.9 Å². The number of para-hydroxylation sites is 2. The highest BCUT2D eigenvalue weighted by Crippen LogP contribution is 2.38. The summed E-state index contributed by atoms with van der Waals surface area (Å²) in [7, 11) is -2.55. The quantitative estimate of drug-likeness (QED) is 0.567. The molecule has 35 heavy (non-hydrogen) atoms. The van der Waals surface area contributed by atoms with Gasteiger partial charge in [-0.25, -0.2) is 8.42 Å². The van der Waals surface area contributed by atoms with Crippen molar-refractivity contribution in [1.82, 2.24) is 9.88 Å². The van der Waals surface area contributed by atoms with E-state index in [1.807, 2.05) is 13.0 Å². The summed E-state index contributed by atoms with van der Waals surface area (Å²) in [6, 6.07) is 12.7. The lowest BCUT2D eigenvalue weighted by atomic mass is 10.1. The molecule has 4 rings (SSSR count). The number of anilines is 2. The molecule has 0 radical (unpaired) electrons. The molecule has 1 aliphatic rings. The molecule has 2 amide bonds. The Morgan fingerprint density at radius 1 is 1.09 bits per heavy atom. The number of benzene rings is 2. The Bertz CT molecular complexity index is 1370. The zero-order valence-electron chi connectivity index (χ0n) is 20.1. The molecule has 8 nitrogen and oxygen atoms in total. The van der Waals surface area contributed by atoms with Gasteiger partial charge in [0.05, 0.1) is 22.7 Å². The van der Waals surface area contributed by atoms with Crippen molar-refractivity contribution in [3.63, 3.8) is 0 Å². The maximum absolute atomic E-state index is 14.1. The third-order valence-corrected chi connectivity index (χ3v) is 8.17. The molecule has 0 saturated heterocycles. The number of nitrogens with one attached hydrogen (secondary N) is 1. The SMILES string of the molecule is Cc1cc(C)c(S(=O)(=O)N2c3ccccc3NC(=O)C2CC(=O)N(C)Cc2cccnc2)c(C)c1. The van der Waals surface area contributed by atoms with Crippen LogP contribution >= 0.6 is 0 Å². The predicted octanol–water partition coefficient (Wildman–Crippen LogP) is 3.57. The summed E-state index contributed by atoms with van der Waals surface area (Å²) in [5, 5.41) is 2.77. The molecule has 0 spiro atoms. The maximum atomic E-state index is 14.1. The van der Waals surface area contributed by atoms with Gasteiger partial charge in [0.25, 0.3) is 10.0 Å². The zero-order chi connectivity index (χ0) is 25.3. The molecular weight excluding hydrogens is 464 g/mol. The van der Waals surface area contributed by atoms with Crippen molar-refractivity contribution in [3.05, 3.63) is 83.2 Å². The lowest BCUT2D eigenvalue weighted by Crippen LogP contribution is -2.53. The number of nitrogens with zero attached hydrogens (tertiary/aromatic N) is 3. The van der Waals surface area contributed by atoms with Crippen molar-refractivity contribution in [2.45, 2.75) is 44.7 Å². The summed E-state index contributed by atoms with van der Waals surface area (Å²) in [6.07, 6.45) is 3.00. The number of fused-ring (bicyclic) bond motifs is 1. The molecule has 0 bridgehead atoms. The molecule has 1 unspecified atom stereocenters. The summed E-state index contributed by atoms with van der Waals surface area (Å²) in [5.74, 6) is -0.899. The number of carbonyl (C=O) groups excluding carboxylic acids is 2. The van der Waals surface area contributed by atoms with Crippen molar-refractivity contribution in [3.8, 4) is 0 Å². The van der Waals surface area contributed by atoms with Crippen LogP contribution in [0.3, 0.4) is 0 Å². The minimum absolute atomic E-state index is 0.147. The third-order valence-electron chi connectivity index (χ3n) is 6.04. The molecule has 3 aromatic rings. The van der Waals surface area contributed by atoms with Crippen LogP contribution in [0.25, 0.3) is 0 Å². The average Bonchev–Trinajstić information content (AvgIpc) is 2.79. The fourth-order valence-electron chi connectivity index (χ4n) is 4.58. The van der Waals surface area contributed by atoms with Gasteiger partial charge < -0.3 is 10.2 Å². The van der Waals surface area contributed by atoms with Crippen molar-refractivity contribution < 1.29 is 18.0 Å². The first kappa shape index (κ1) is 24.4. The van der Waals surface area contributed by atoms with E-state index in [4.69, 9.17) is 0 Å². The summed E-state index contributed by atoms with van der Waals surface area (Å²) >= 11 is 0. The second-order valence-electron chi connectivity index (χ2n) is 8.87. The van der Waals surface area contributed by atoms with Crippen molar-refractivity contribution >= 4 is 33.2 Å². The Kier molecular flexibility index (Phi) is 6.62. The van der Waals surface area contributed by atoms with E-state index in [0.29, 0.717) is 29.0 Å². The standard InChI is InChI=1S/C26H28N4O4S/c1-17-12-18(2)25(19(3)13-17)35(33,34)30-22-10-6-5-9-21(22)28-26(32)23(30)14-24(31)29(4)16-20-8-7-11-27-15-20/h5-13,15,23H,14,16H2,1-4H3,(H,28,32). The molecule has 2 aromatic carbocycles. The van der Waals surface area contributed by atoms with E-state index in [1.54, 1.807) is 75.8 Å². The normalized spacial score (nSPS) is 15.4. The zero-order valence-corrected chi connectivity index (χ0v) is 21.0. The number of hydrogen-bond acceptors (Lipinski definition) is 5. The van der Waals surface area contributed by atoms with Crippen LogP contribution < -0.4 is 9.62 Å². The largest absolute Gasteiger partial charge is 0.341 e. The molecule has 1 aliphatic heterocycles. The van der Waals surface area contributed by atoms with E-state index in [2.05, 4.69) is 10.3 Å². The average molecular weight is 493 g/mol. The Balaban J connectivity index is 1.75. The van der Waals surface area contributed by atoms with Gasteiger partial charge in [0.1, 0.15) is 6.04 Å². The number of pyridine rings is 1. The first-order valence-electron chi connectivity index (χ1n) is 11.2. The molecule has 1 N–H and O–H groups in total. The predicted molar refractivity (Wildman–Crippen MR) is 135 cm³/mol. The van der Waals surface area contributed by atoms with E-state index < -0.39 is 22.0 Å². The molecule has 0 aliphatic carbocycles. The minimum atomic E-state index is -4.17. The van der Waals surface area contributed by atoms with E-state index in [1.165, 1.54) is 4.90 Å². The smallest absolute Gasteiger partial charge is 0.265 e.